The molecule has 2 saturated heterocycles. The Balaban J connectivity index is 0.00000420. The van der Waals surface area contributed by atoms with Gasteiger partial charge in [-0.15, -0.1) is 24.0 Å². The van der Waals surface area contributed by atoms with E-state index in [1.54, 1.807) is 0 Å². The quantitative estimate of drug-likeness (QED) is 0.286. The number of piperidine rings is 1. The second-order valence-corrected chi connectivity index (χ2v) is 9.37. The number of nitrogens with one attached hydrogen (secondary N) is 2. The van der Waals surface area contributed by atoms with Crippen molar-refractivity contribution in [2.24, 2.45) is 16.8 Å². The fraction of sp³-hybridized carbons (Fsp3) is 0.941. The second-order valence-electron chi connectivity index (χ2n) is 7.44. The minimum atomic E-state index is -5.23. The fourth-order valence-corrected chi connectivity index (χ4v) is 4.64. The third-order valence-corrected chi connectivity index (χ3v) is 7.06. The number of alkyl halides is 3. The monoisotopic (exact) mass is 555 g/mol. The van der Waals surface area contributed by atoms with Gasteiger partial charge in [0.05, 0.1) is 0 Å². The molecule has 0 aromatic carbocycles. The van der Waals surface area contributed by atoms with E-state index >= 15 is 0 Å². The maximum atomic E-state index is 12.6. The van der Waals surface area contributed by atoms with E-state index in [0.717, 1.165) is 39.1 Å². The molecule has 172 valence electrons. The van der Waals surface area contributed by atoms with Crippen molar-refractivity contribution in [2.75, 3.05) is 52.4 Å². The van der Waals surface area contributed by atoms with Crippen molar-refractivity contribution in [3.05, 3.63) is 0 Å². The molecular formula is C17H33F3IN5O2S. The van der Waals surface area contributed by atoms with E-state index < -0.39 is 15.5 Å². The molecule has 1 atom stereocenters. The first-order valence-electron chi connectivity index (χ1n) is 9.98. The Kier molecular flexibility index (Phi) is 10.9. The lowest BCUT2D eigenvalue weighted by Gasteiger charge is -2.31. The van der Waals surface area contributed by atoms with Gasteiger partial charge in [0.1, 0.15) is 0 Å². The number of aliphatic imine (C=N–C) groups is 1. The smallest absolute Gasteiger partial charge is 0.357 e. The van der Waals surface area contributed by atoms with Crippen molar-refractivity contribution in [3.8, 4) is 0 Å². The molecule has 12 heteroatoms. The molecule has 2 N–H and O–H groups in total. The van der Waals surface area contributed by atoms with Crippen LogP contribution >= 0.6 is 24.0 Å². The third-order valence-electron chi connectivity index (χ3n) is 5.43. The lowest BCUT2D eigenvalue weighted by Crippen LogP contribution is -2.47. The van der Waals surface area contributed by atoms with Crippen LogP contribution in [0.15, 0.2) is 4.99 Å². The van der Waals surface area contributed by atoms with Gasteiger partial charge in [0.25, 0.3) is 0 Å². The van der Waals surface area contributed by atoms with Crippen LogP contribution in [0.1, 0.15) is 33.1 Å². The number of likely N-dealkylation sites (tertiary alicyclic amines) is 1. The number of rotatable bonds is 7. The molecule has 7 nitrogen and oxygen atoms in total. The SMILES string of the molecule is CCNC(=NCC1CCN(CC)C1)NCC1CCN(S(=O)(=O)C(F)(F)F)CC1.I. The van der Waals surface area contributed by atoms with Gasteiger partial charge in [-0.05, 0) is 51.1 Å². The number of hydrogen-bond donors (Lipinski definition) is 2. The van der Waals surface area contributed by atoms with Crippen molar-refractivity contribution in [3.63, 3.8) is 0 Å². The topological polar surface area (TPSA) is 77.0 Å². The van der Waals surface area contributed by atoms with Crippen LogP contribution in [-0.2, 0) is 10.0 Å². The van der Waals surface area contributed by atoms with Crippen LogP contribution in [0.5, 0.6) is 0 Å². The molecule has 0 aliphatic carbocycles. The predicted molar refractivity (Wildman–Crippen MR) is 119 cm³/mol. The van der Waals surface area contributed by atoms with Gasteiger partial charge < -0.3 is 15.5 Å². The van der Waals surface area contributed by atoms with Gasteiger partial charge in [-0.1, -0.05) is 6.92 Å². The molecule has 0 aromatic heterocycles. The summed E-state index contributed by atoms with van der Waals surface area (Å²) in [5.74, 6) is 1.37. The number of halogens is 4. The number of nitrogens with zero attached hydrogens (tertiary/aromatic N) is 3. The molecule has 0 saturated carbocycles. The maximum absolute atomic E-state index is 12.6. The van der Waals surface area contributed by atoms with Crippen LogP contribution in [0, 0.1) is 11.8 Å². The molecule has 0 radical (unpaired) electrons. The van der Waals surface area contributed by atoms with Gasteiger partial charge in [-0.3, -0.25) is 4.99 Å². The zero-order valence-corrected chi connectivity index (χ0v) is 20.2. The molecule has 0 amide bonds. The average molecular weight is 555 g/mol. The van der Waals surface area contributed by atoms with Gasteiger partial charge >= 0.3 is 15.5 Å². The first kappa shape index (κ1) is 26.7. The molecule has 2 rings (SSSR count). The standard InChI is InChI=1S/C17H32F3N5O2S.HI/c1-3-21-16(23-12-15-5-8-24(4-2)13-15)22-11-14-6-9-25(10-7-14)28(26,27)17(18,19)20;/h14-15H,3-13H2,1-2H3,(H2,21,22,23);1H. The first-order chi connectivity index (χ1) is 13.2. The lowest BCUT2D eigenvalue weighted by molar-refractivity contribution is -0.0496. The van der Waals surface area contributed by atoms with Gasteiger partial charge in [-0.25, -0.2) is 8.42 Å². The zero-order valence-electron chi connectivity index (χ0n) is 17.0. The van der Waals surface area contributed by atoms with Crippen molar-refractivity contribution >= 4 is 40.0 Å². The Hall–Kier alpha value is -0.340. The van der Waals surface area contributed by atoms with Crippen molar-refractivity contribution in [2.45, 2.75) is 38.6 Å². The molecule has 1 unspecified atom stereocenters. The Bertz CT molecular complexity index is 625. The Labute approximate surface area is 188 Å². The highest BCUT2D eigenvalue weighted by atomic mass is 127. The van der Waals surface area contributed by atoms with E-state index in [9.17, 15) is 21.6 Å². The molecule has 2 fully saturated rings. The third kappa shape index (κ3) is 7.69. The maximum Gasteiger partial charge on any atom is 0.511 e. The highest BCUT2D eigenvalue weighted by Crippen LogP contribution is 2.30. The van der Waals surface area contributed by atoms with Gasteiger partial charge in [-0.2, -0.15) is 17.5 Å². The van der Waals surface area contributed by atoms with Crippen LogP contribution < -0.4 is 10.6 Å². The van der Waals surface area contributed by atoms with E-state index in [1.165, 1.54) is 0 Å². The summed E-state index contributed by atoms with van der Waals surface area (Å²) >= 11 is 0. The molecule has 29 heavy (non-hydrogen) atoms. The van der Waals surface area contributed by atoms with Gasteiger partial charge in [0, 0.05) is 39.3 Å². The molecular weight excluding hydrogens is 522 g/mol. The zero-order chi connectivity index (χ0) is 20.8. The normalized spacial score (nSPS) is 23.1. The van der Waals surface area contributed by atoms with Crippen LogP contribution in [0.25, 0.3) is 0 Å². The minimum absolute atomic E-state index is 0. The molecule has 0 spiro atoms. The summed E-state index contributed by atoms with van der Waals surface area (Å²) in [6.07, 6.45) is 1.94. The van der Waals surface area contributed by atoms with E-state index in [1.807, 2.05) is 6.92 Å². The molecule has 2 aliphatic heterocycles. The second kappa shape index (κ2) is 11.9. The van der Waals surface area contributed by atoms with Crippen LogP contribution in [0.3, 0.4) is 0 Å². The van der Waals surface area contributed by atoms with Crippen LogP contribution in [0.4, 0.5) is 13.2 Å². The van der Waals surface area contributed by atoms with Crippen molar-refractivity contribution in [1.29, 1.82) is 0 Å². The summed E-state index contributed by atoms with van der Waals surface area (Å²) in [5, 5.41) is 6.45. The largest absolute Gasteiger partial charge is 0.511 e. The average Bonchev–Trinajstić information content (AvgIpc) is 3.11. The summed E-state index contributed by atoms with van der Waals surface area (Å²) in [6, 6.07) is 0. The summed E-state index contributed by atoms with van der Waals surface area (Å²) in [6.45, 7) is 9.19. The minimum Gasteiger partial charge on any atom is -0.357 e. The van der Waals surface area contributed by atoms with Crippen molar-refractivity contribution in [1.82, 2.24) is 19.8 Å². The number of sulfonamides is 1. The fourth-order valence-electron chi connectivity index (χ4n) is 3.65. The van der Waals surface area contributed by atoms with Gasteiger partial charge in [0.15, 0.2) is 5.96 Å². The van der Waals surface area contributed by atoms with Crippen molar-refractivity contribution < 1.29 is 21.6 Å². The van der Waals surface area contributed by atoms with Crippen LogP contribution in [-0.4, -0.2) is 81.4 Å². The highest BCUT2D eigenvalue weighted by molar-refractivity contribution is 14.0. The number of guanidine groups is 1. The molecule has 0 bridgehead atoms. The van der Waals surface area contributed by atoms with E-state index in [0.29, 0.717) is 35.6 Å². The Morgan fingerprint density at radius 2 is 1.69 bits per heavy atom. The summed E-state index contributed by atoms with van der Waals surface area (Å²) in [5.41, 5.74) is -5.23. The predicted octanol–water partition coefficient (Wildman–Crippen LogP) is 2.06. The summed E-state index contributed by atoms with van der Waals surface area (Å²) in [7, 11) is -5.21. The lowest BCUT2D eigenvalue weighted by atomic mass is 9.98. The van der Waals surface area contributed by atoms with E-state index in [-0.39, 0.29) is 43.0 Å². The number of hydrogen-bond acceptors (Lipinski definition) is 4. The van der Waals surface area contributed by atoms with E-state index in [4.69, 9.17) is 0 Å². The summed E-state index contributed by atoms with van der Waals surface area (Å²) in [4.78, 5) is 7.05. The molecule has 2 heterocycles. The molecule has 0 aromatic rings. The first-order valence-corrected chi connectivity index (χ1v) is 11.4. The molecule has 2 aliphatic rings. The Morgan fingerprint density at radius 1 is 1.07 bits per heavy atom. The summed E-state index contributed by atoms with van der Waals surface area (Å²) < 4.78 is 61.4. The van der Waals surface area contributed by atoms with Crippen LogP contribution in [0.2, 0.25) is 0 Å². The highest BCUT2D eigenvalue weighted by Gasteiger charge is 2.50. The van der Waals surface area contributed by atoms with E-state index in [2.05, 4.69) is 27.4 Å². The Morgan fingerprint density at radius 3 is 2.21 bits per heavy atom. The van der Waals surface area contributed by atoms with Gasteiger partial charge in [0.2, 0.25) is 0 Å².